The smallest absolute Gasteiger partial charge is 0.218 e. The maximum atomic E-state index is 12.3. The Balaban J connectivity index is 2.02. The van der Waals surface area contributed by atoms with Crippen molar-refractivity contribution in [2.45, 2.75) is 31.6 Å². The van der Waals surface area contributed by atoms with Crippen LogP contribution in [0.2, 0.25) is 0 Å². The summed E-state index contributed by atoms with van der Waals surface area (Å²) in [5, 5.41) is 0. The van der Waals surface area contributed by atoms with Gasteiger partial charge in [-0.15, -0.1) is 0 Å². The molecular weight excluding hydrogens is 260 g/mol. The maximum absolute atomic E-state index is 12.3. The van der Waals surface area contributed by atoms with Crippen molar-refractivity contribution < 1.29 is 8.42 Å². The van der Waals surface area contributed by atoms with Crippen LogP contribution in [0.3, 0.4) is 0 Å². The summed E-state index contributed by atoms with van der Waals surface area (Å²) < 4.78 is 26.0. The van der Waals surface area contributed by atoms with Crippen LogP contribution in [0.5, 0.6) is 0 Å². The summed E-state index contributed by atoms with van der Waals surface area (Å²) in [4.78, 5) is 0. The van der Waals surface area contributed by atoms with Gasteiger partial charge in [0.25, 0.3) is 0 Å². The summed E-state index contributed by atoms with van der Waals surface area (Å²) in [6.45, 7) is 1.09. The van der Waals surface area contributed by atoms with Gasteiger partial charge in [0.05, 0.1) is 5.75 Å². The molecule has 0 atom stereocenters. The van der Waals surface area contributed by atoms with Gasteiger partial charge in [0.2, 0.25) is 10.0 Å². The third kappa shape index (κ3) is 3.78. The molecular formula is C14H22N2O2S. The van der Waals surface area contributed by atoms with Gasteiger partial charge in [0, 0.05) is 20.1 Å². The van der Waals surface area contributed by atoms with Crippen LogP contribution in [0.15, 0.2) is 24.3 Å². The highest BCUT2D eigenvalue weighted by atomic mass is 32.2. The summed E-state index contributed by atoms with van der Waals surface area (Å²) in [5.74, 6) is 0.611. The van der Waals surface area contributed by atoms with Crippen LogP contribution in [0.1, 0.15) is 30.4 Å². The van der Waals surface area contributed by atoms with Crippen LogP contribution < -0.4 is 5.73 Å². The molecule has 0 bridgehead atoms. The Labute approximate surface area is 115 Å². The zero-order chi connectivity index (χ0) is 13.9. The van der Waals surface area contributed by atoms with Crippen molar-refractivity contribution in [3.63, 3.8) is 0 Å². The van der Waals surface area contributed by atoms with Gasteiger partial charge in [-0.25, -0.2) is 12.7 Å². The zero-order valence-corrected chi connectivity index (χ0v) is 12.2. The molecule has 1 aliphatic rings. The lowest BCUT2D eigenvalue weighted by Gasteiger charge is -2.29. The van der Waals surface area contributed by atoms with E-state index in [-0.39, 0.29) is 5.75 Å². The minimum atomic E-state index is -3.22. The third-order valence-electron chi connectivity index (χ3n) is 3.79. The number of hydrogen-bond acceptors (Lipinski definition) is 3. The van der Waals surface area contributed by atoms with E-state index < -0.39 is 10.0 Å². The monoisotopic (exact) mass is 282 g/mol. The molecule has 1 aromatic rings. The molecule has 1 aliphatic carbocycles. The van der Waals surface area contributed by atoms with Crippen molar-refractivity contribution in [3.05, 3.63) is 35.4 Å². The normalized spacial score (nSPS) is 16.6. The maximum Gasteiger partial charge on any atom is 0.218 e. The number of nitrogens with two attached hydrogens (primary N) is 1. The van der Waals surface area contributed by atoms with E-state index in [2.05, 4.69) is 0 Å². The number of sulfonamides is 1. The molecule has 0 amide bonds. The second-order valence-corrected chi connectivity index (χ2v) is 7.43. The first-order valence-electron chi connectivity index (χ1n) is 6.73. The van der Waals surface area contributed by atoms with E-state index in [4.69, 9.17) is 5.73 Å². The Hall–Kier alpha value is -0.910. The molecule has 0 aliphatic heterocycles. The van der Waals surface area contributed by atoms with Gasteiger partial charge in [-0.2, -0.15) is 0 Å². The average molecular weight is 282 g/mol. The summed E-state index contributed by atoms with van der Waals surface area (Å²) in [5.41, 5.74) is 7.35. The number of nitrogens with zero attached hydrogens (tertiary/aromatic N) is 1. The molecule has 2 N–H and O–H groups in total. The first-order chi connectivity index (χ1) is 9.01. The molecule has 0 saturated heterocycles. The fraction of sp³-hybridized carbons (Fsp3) is 0.571. The topological polar surface area (TPSA) is 63.4 Å². The fourth-order valence-corrected chi connectivity index (χ4v) is 3.58. The van der Waals surface area contributed by atoms with Crippen molar-refractivity contribution in [2.75, 3.05) is 13.6 Å². The zero-order valence-electron chi connectivity index (χ0n) is 11.4. The molecule has 1 saturated carbocycles. The minimum Gasteiger partial charge on any atom is -0.326 e. The molecule has 1 fully saturated rings. The number of benzene rings is 1. The molecule has 0 radical (unpaired) electrons. The van der Waals surface area contributed by atoms with Crippen molar-refractivity contribution >= 4 is 10.0 Å². The van der Waals surface area contributed by atoms with E-state index in [1.54, 1.807) is 7.05 Å². The Bertz CT molecular complexity index is 524. The molecule has 0 aromatic heterocycles. The van der Waals surface area contributed by atoms with Crippen LogP contribution in [0, 0.1) is 5.92 Å². The highest BCUT2D eigenvalue weighted by molar-refractivity contribution is 7.88. The van der Waals surface area contributed by atoms with E-state index in [1.807, 2.05) is 24.3 Å². The largest absolute Gasteiger partial charge is 0.326 e. The Morgan fingerprint density at radius 1 is 1.32 bits per heavy atom. The fourth-order valence-electron chi connectivity index (χ4n) is 2.32. The second kappa shape index (κ2) is 6.03. The molecule has 2 rings (SSSR count). The lowest BCUT2D eigenvalue weighted by atomic mass is 9.86. The lowest BCUT2D eigenvalue weighted by Crippen LogP contribution is -2.35. The molecule has 0 unspecified atom stereocenters. The average Bonchev–Trinajstić information content (AvgIpc) is 2.33. The van der Waals surface area contributed by atoms with E-state index in [0.717, 1.165) is 24.0 Å². The van der Waals surface area contributed by atoms with E-state index in [9.17, 15) is 8.42 Å². The SMILES string of the molecule is CN(CC1CCC1)S(=O)(=O)Cc1cccc(CN)c1. The van der Waals surface area contributed by atoms with Gasteiger partial charge in [0.1, 0.15) is 0 Å². The highest BCUT2D eigenvalue weighted by Crippen LogP contribution is 2.27. The van der Waals surface area contributed by atoms with Gasteiger partial charge >= 0.3 is 0 Å². The lowest BCUT2D eigenvalue weighted by molar-refractivity contribution is 0.263. The van der Waals surface area contributed by atoms with E-state index in [1.165, 1.54) is 10.7 Å². The number of hydrogen-bond donors (Lipinski definition) is 1. The molecule has 5 heteroatoms. The molecule has 1 aromatic carbocycles. The van der Waals surface area contributed by atoms with Crippen molar-refractivity contribution in [1.82, 2.24) is 4.31 Å². The Morgan fingerprint density at radius 3 is 2.58 bits per heavy atom. The Morgan fingerprint density at radius 2 is 2.00 bits per heavy atom. The third-order valence-corrected chi connectivity index (χ3v) is 5.59. The predicted octanol–water partition coefficient (Wildman–Crippen LogP) is 1.71. The van der Waals surface area contributed by atoms with Gasteiger partial charge in [-0.05, 0) is 29.9 Å². The summed E-state index contributed by atoms with van der Waals surface area (Å²) in [6.07, 6.45) is 3.54. The van der Waals surface area contributed by atoms with Crippen molar-refractivity contribution in [2.24, 2.45) is 11.7 Å². The standard InChI is InChI=1S/C14H22N2O2S/c1-16(10-12-4-2-5-12)19(17,18)11-14-7-3-6-13(8-14)9-15/h3,6-8,12H,2,4-5,9-11,15H2,1H3. The molecule has 0 heterocycles. The molecule has 19 heavy (non-hydrogen) atoms. The predicted molar refractivity (Wildman–Crippen MR) is 76.9 cm³/mol. The highest BCUT2D eigenvalue weighted by Gasteiger charge is 2.25. The van der Waals surface area contributed by atoms with Crippen LogP contribution in [-0.2, 0) is 22.3 Å². The van der Waals surface area contributed by atoms with Crippen molar-refractivity contribution in [3.8, 4) is 0 Å². The second-order valence-electron chi connectivity index (χ2n) is 5.36. The van der Waals surface area contributed by atoms with Crippen LogP contribution in [0.4, 0.5) is 0 Å². The van der Waals surface area contributed by atoms with Crippen molar-refractivity contribution in [1.29, 1.82) is 0 Å². The van der Waals surface area contributed by atoms with Crippen LogP contribution in [-0.4, -0.2) is 26.3 Å². The quantitative estimate of drug-likeness (QED) is 0.864. The van der Waals surface area contributed by atoms with Crippen LogP contribution >= 0.6 is 0 Å². The Kier molecular flexibility index (Phi) is 4.60. The summed E-state index contributed by atoms with van der Waals surface area (Å²) in [6, 6.07) is 7.48. The van der Waals surface area contributed by atoms with Gasteiger partial charge in [-0.3, -0.25) is 0 Å². The molecule has 0 spiro atoms. The van der Waals surface area contributed by atoms with E-state index >= 15 is 0 Å². The van der Waals surface area contributed by atoms with Crippen LogP contribution in [0.25, 0.3) is 0 Å². The summed E-state index contributed by atoms with van der Waals surface area (Å²) >= 11 is 0. The molecule has 4 nitrogen and oxygen atoms in total. The van der Waals surface area contributed by atoms with Gasteiger partial charge in [0.15, 0.2) is 0 Å². The molecule has 106 valence electrons. The van der Waals surface area contributed by atoms with Gasteiger partial charge in [-0.1, -0.05) is 30.7 Å². The number of rotatable bonds is 6. The van der Waals surface area contributed by atoms with E-state index in [0.29, 0.717) is 19.0 Å². The minimum absolute atomic E-state index is 0.0596. The first kappa shape index (κ1) is 14.5. The van der Waals surface area contributed by atoms with Gasteiger partial charge < -0.3 is 5.73 Å². The summed E-state index contributed by atoms with van der Waals surface area (Å²) in [7, 11) is -1.54. The first-order valence-corrected chi connectivity index (χ1v) is 8.34.